The lowest BCUT2D eigenvalue weighted by Crippen LogP contribution is -2.43. The number of piperidine rings is 1. The molecule has 1 saturated heterocycles. The molecular weight excluding hydrogens is 396 g/mol. The van der Waals surface area contributed by atoms with Crippen molar-refractivity contribution in [3.63, 3.8) is 0 Å². The minimum atomic E-state index is 0.0593. The predicted octanol–water partition coefficient (Wildman–Crippen LogP) is 5.09. The van der Waals surface area contributed by atoms with Crippen LogP contribution in [0.25, 0.3) is 0 Å². The fourth-order valence-corrected chi connectivity index (χ4v) is 4.17. The minimum Gasteiger partial charge on any atom is -0.491 e. The molecule has 30 heavy (non-hydrogen) atoms. The topological polar surface area (TPSA) is 41.6 Å². The number of halogens is 1. The number of hydrogen-bond acceptors (Lipinski definition) is 3. The van der Waals surface area contributed by atoms with Crippen LogP contribution in [0.15, 0.2) is 48.5 Å². The van der Waals surface area contributed by atoms with E-state index in [1.807, 2.05) is 44.2 Å². The maximum absolute atomic E-state index is 12.7. The van der Waals surface area contributed by atoms with Crippen molar-refractivity contribution in [2.45, 2.75) is 52.2 Å². The monoisotopic (exact) mass is 428 g/mol. The van der Waals surface area contributed by atoms with Gasteiger partial charge in [0.05, 0.1) is 12.0 Å². The molecule has 1 N–H and O–H groups in total. The molecule has 1 aliphatic heterocycles. The number of benzene rings is 2. The molecule has 1 fully saturated rings. The smallest absolute Gasteiger partial charge is 0.224 e. The average molecular weight is 429 g/mol. The van der Waals surface area contributed by atoms with Crippen molar-refractivity contribution >= 4 is 17.5 Å². The molecule has 1 unspecified atom stereocenters. The average Bonchev–Trinajstić information content (AvgIpc) is 2.73. The number of rotatable bonds is 9. The molecular formula is C25H33ClN2O2. The summed E-state index contributed by atoms with van der Waals surface area (Å²) < 4.78 is 5.76. The van der Waals surface area contributed by atoms with Gasteiger partial charge in [0.1, 0.15) is 5.75 Å². The highest BCUT2D eigenvalue weighted by Crippen LogP contribution is 2.22. The number of carbonyl (C=O) groups excluding carboxylic acids is 1. The third kappa shape index (κ3) is 7.03. The molecule has 2 aromatic rings. The molecule has 0 spiro atoms. The first-order valence-electron chi connectivity index (χ1n) is 11.0. The second-order valence-corrected chi connectivity index (χ2v) is 8.78. The Labute approximate surface area is 185 Å². The van der Waals surface area contributed by atoms with Crippen molar-refractivity contribution in [2.75, 3.05) is 19.6 Å². The van der Waals surface area contributed by atoms with Gasteiger partial charge in [0.15, 0.2) is 0 Å². The molecule has 3 rings (SSSR count). The summed E-state index contributed by atoms with van der Waals surface area (Å²) in [5.41, 5.74) is 2.37. The van der Waals surface area contributed by atoms with Gasteiger partial charge in [0.2, 0.25) is 5.91 Å². The van der Waals surface area contributed by atoms with E-state index in [1.54, 1.807) is 0 Å². The fourth-order valence-electron chi connectivity index (χ4n) is 3.98. The fraction of sp³-hybridized carbons (Fsp3) is 0.480. The van der Waals surface area contributed by atoms with Crippen LogP contribution < -0.4 is 10.1 Å². The molecule has 1 atom stereocenters. The predicted molar refractivity (Wildman–Crippen MR) is 123 cm³/mol. The lowest BCUT2D eigenvalue weighted by Gasteiger charge is -2.32. The highest BCUT2D eigenvalue weighted by molar-refractivity contribution is 6.31. The Balaban J connectivity index is 1.41. The second-order valence-electron chi connectivity index (χ2n) is 8.37. The number of ether oxygens (including phenoxy) is 1. The van der Waals surface area contributed by atoms with Gasteiger partial charge < -0.3 is 10.1 Å². The van der Waals surface area contributed by atoms with Crippen LogP contribution >= 0.6 is 11.6 Å². The molecule has 0 bridgehead atoms. The van der Waals surface area contributed by atoms with E-state index in [-0.39, 0.29) is 17.9 Å². The van der Waals surface area contributed by atoms with Crippen molar-refractivity contribution in [3.8, 4) is 5.75 Å². The van der Waals surface area contributed by atoms with E-state index < -0.39 is 0 Å². The van der Waals surface area contributed by atoms with Gasteiger partial charge in [-0.2, -0.15) is 0 Å². The van der Waals surface area contributed by atoms with Crippen molar-refractivity contribution < 1.29 is 9.53 Å². The molecule has 4 nitrogen and oxygen atoms in total. The molecule has 0 aromatic heterocycles. The van der Waals surface area contributed by atoms with Crippen molar-refractivity contribution in [1.82, 2.24) is 10.2 Å². The van der Waals surface area contributed by atoms with Gasteiger partial charge in [-0.1, -0.05) is 41.9 Å². The number of nitrogens with zero attached hydrogens (tertiary/aromatic N) is 1. The lowest BCUT2D eigenvalue weighted by molar-refractivity contribution is -0.126. The second kappa shape index (κ2) is 11.4. The van der Waals surface area contributed by atoms with Crippen molar-refractivity contribution in [1.29, 1.82) is 0 Å². The Morgan fingerprint density at radius 2 is 2.07 bits per heavy atom. The number of nitrogens with one attached hydrogen (secondary N) is 1. The third-order valence-corrected chi connectivity index (χ3v) is 5.81. The summed E-state index contributed by atoms with van der Waals surface area (Å²) in [7, 11) is 0. The molecule has 1 amide bonds. The Morgan fingerprint density at radius 1 is 1.23 bits per heavy atom. The Morgan fingerprint density at radius 3 is 2.87 bits per heavy atom. The van der Waals surface area contributed by atoms with Crippen LogP contribution in [0.2, 0.25) is 5.02 Å². The maximum Gasteiger partial charge on any atom is 0.224 e. The molecule has 0 saturated carbocycles. The molecule has 0 radical (unpaired) electrons. The van der Waals surface area contributed by atoms with Crippen molar-refractivity contribution in [2.24, 2.45) is 5.92 Å². The van der Waals surface area contributed by atoms with Gasteiger partial charge in [-0.05, 0) is 75.4 Å². The first-order chi connectivity index (χ1) is 14.5. The van der Waals surface area contributed by atoms with Gasteiger partial charge in [-0.15, -0.1) is 0 Å². The Kier molecular flexibility index (Phi) is 8.59. The van der Waals surface area contributed by atoms with Crippen LogP contribution in [-0.4, -0.2) is 36.5 Å². The molecule has 1 heterocycles. The summed E-state index contributed by atoms with van der Waals surface area (Å²) in [6.45, 7) is 7.38. The van der Waals surface area contributed by atoms with Gasteiger partial charge >= 0.3 is 0 Å². The first kappa shape index (κ1) is 22.6. The maximum atomic E-state index is 12.7. The number of carbonyl (C=O) groups is 1. The molecule has 1 aliphatic rings. The van der Waals surface area contributed by atoms with Gasteiger partial charge in [0.25, 0.3) is 0 Å². The quantitative estimate of drug-likeness (QED) is 0.565. The number of hydrogen-bond donors (Lipinski definition) is 1. The SMILES string of the molecule is CC(C)Oc1cccc(CCCNC(=O)C2CCCN(Cc3ccccc3Cl)C2)c1. The number of likely N-dealkylation sites (tertiary alicyclic amines) is 1. The molecule has 162 valence electrons. The Hall–Kier alpha value is -2.04. The van der Waals surface area contributed by atoms with E-state index in [0.29, 0.717) is 6.54 Å². The van der Waals surface area contributed by atoms with Gasteiger partial charge in [-0.3, -0.25) is 9.69 Å². The summed E-state index contributed by atoms with van der Waals surface area (Å²) in [4.78, 5) is 15.0. The normalized spacial score (nSPS) is 17.1. The summed E-state index contributed by atoms with van der Waals surface area (Å²) in [5, 5.41) is 3.94. The van der Waals surface area contributed by atoms with Crippen molar-refractivity contribution in [3.05, 3.63) is 64.7 Å². The lowest BCUT2D eigenvalue weighted by atomic mass is 9.96. The van der Waals surface area contributed by atoms with Crippen LogP contribution in [0.1, 0.15) is 44.2 Å². The van der Waals surface area contributed by atoms with Crippen LogP contribution in [0.5, 0.6) is 5.75 Å². The number of amides is 1. The molecule has 0 aliphatic carbocycles. The zero-order chi connectivity index (χ0) is 21.3. The molecule has 5 heteroatoms. The summed E-state index contributed by atoms with van der Waals surface area (Å²) >= 11 is 6.30. The van der Waals surface area contributed by atoms with Crippen LogP contribution in [-0.2, 0) is 17.8 Å². The van der Waals surface area contributed by atoms with E-state index >= 15 is 0 Å². The van der Waals surface area contributed by atoms with Gasteiger partial charge in [-0.25, -0.2) is 0 Å². The van der Waals surface area contributed by atoms with E-state index in [4.69, 9.17) is 16.3 Å². The highest BCUT2D eigenvalue weighted by Gasteiger charge is 2.25. The van der Waals surface area contributed by atoms with E-state index in [1.165, 1.54) is 5.56 Å². The van der Waals surface area contributed by atoms with E-state index in [9.17, 15) is 4.79 Å². The number of aryl methyl sites for hydroxylation is 1. The largest absolute Gasteiger partial charge is 0.491 e. The zero-order valence-electron chi connectivity index (χ0n) is 18.1. The van der Waals surface area contributed by atoms with E-state index in [0.717, 1.165) is 61.7 Å². The standard InChI is InChI=1S/C25H33ClN2O2/c1-19(2)30-23-12-5-8-20(16-23)9-6-14-27-25(29)22-11-7-15-28(18-22)17-21-10-3-4-13-24(21)26/h3-5,8,10,12-13,16,19,22H,6-7,9,11,14-15,17-18H2,1-2H3,(H,27,29). The summed E-state index contributed by atoms with van der Waals surface area (Å²) in [6.07, 6.45) is 4.03. The highest BCUT2D eigenvalue weighted by atomic mass is 35.5. The third-order valence-electron chi connectivity index (χ3n) is 5.44. The van der Waals surface area contributed by atoms with E-state index in [2.05, 4.69) is 28.4 Å². The van der Waals surface area contributed by atoms with Crippen LogP contribution in [0.4, 0.5) is 0 Å². The van der Waals surface area contributed by atoms with Gasteiger partial charge in [0, 0.05) is 24.7 Å². The first-order valence-corrected chi connectivity index (χ1v) is 11.4. The summed E-state index contributed by atoms with van der Waals surface area (Å²) in [6, 6.07) is 16.2. The van der Waals surface area contributed by atoms with Crippen LogP contribution in [0.3, 0.4) is 0 Å². The van der Waals surface area contributed by atoms with Crippen LogP contribution in [0, 0.1) is 5.92 Å². The Bertz CT molecular complexity index is 824. The minimum absolute atomic E-state index is 0.0593. The molecule has 2 aromatic carbocycles. The zero-order valence-corrected chi connectivity index (χ0v) is 18.8. The summed E-state index contributed by atoms with van der Waals surface area (Å²) in [5.74, 6) is 1.15.